The fourth-order valence-corrected chi connectivity index (χ4v) is 5.73. The van der Waals surface area contributed by atoms with E-state index >= 15 is 0 Å². The van der Waals surface area contributed by atoms with Crippen LogP contribution in [0.15, 0.2) is 42.5 Å². The number of methoxy groups -OCH3 is 1. The normalized spacial score (nSPS) is 23.1. The van der Waals surface area contributed by atoms with Gasteiger partial charge in [-0.2, -0.15) is 0 Å². The van der Waals surface area contributed by atoms with Crippen LogP contribution in [-0.2, 0) is 16.0 Å². The van der Waals surface area contributed by atoms with E-state index in [1.165, 1.54) is 7.11 Å². The number of benzene rings is 2. The smallest absolute Gasteiger partial charge is 0.414 e. The Balaban J connectivity index is 1.65. The molecule has 8 heteroatoms. The van der Waals surface area contributed by atoms with Crippen LogP contribution in [0.4, 0.5) is 10.5 Å². The number of carboxylic acids is 1. The van der Waals surface area contributed by atoms with Crippen LogP contribution >= 0.6 is 0 Å². The Morgan fingerprint density at radius 2 is 1.77 bits per heavy atom. The van der Waals surface area contributed by atoms with Gasteiger partial charge in [0.05, 0.1) is 29.7 Å². The molecule has 2 aromatic carbocycles. The quantitative estimate of drug-likeness (QED) is 0.557. The monoisotopic (exact) mass is 477 g/mol. The molecule has 1 aromatic heterocycles. The Hall–Kier alpha value is -3.39. The van der Waals surface area contributed by atoms with Crippen LogP contribution in [0.25, 0.3) is 11.0 Å². The van der Waals surface area contributed by atoms with Crippen molar-refractivity contribution in [3.05, 3.63) is 59.4 Å². The summed E-state index contributed by atoms with van der Waals surface area (Å²) in [6.45, 7) is 2.01. The third-order valence-corrected chi connectivity index (χ3v) is 7.62. The highest BCUT2D eigenvalue weighted by Crippen LogP contribution is 2.42. The molecule has 0 saturated heterocycles. The van der Waals surface area contributed by atoms with Crippen molar-refractivity contribution < 1.29 is 24.5 Å². The predicted molar refractivity (Wildman–Crippen MR) is 132 cm³/mol. The van der Waals surface area contributed by atoms with Gasteiger partial charge in [0.25, 0.3) is 0 Å². The van der Waals surface area contributed by atoms with Gasteiger partial charge in [-0.25, -0.2) is 9.78 Å². The number of aryl methyl sites for hydroxylation is 1. The summed E-state index contributed by atoms with van der Waals surface area (Å²) in [5.74, 6) is -0.511. The number of rotatable bonds is 4. The zero-order valence-electron chi connectivity index (χ0n) is 20.1. The maximum atomic E-state index is 12.6. The molecule has 184 valence electrons. The van der Waals surface area contributed by atoms with Crippen LogP contribution in [0.5, 0.6) is 0 Å². The molecule has 3 aromatic rings. The van der Waals surface area contributed by atoms with E-state index in [-0.39, 0.29) is 18.0 Å². The number of anilines is 1. The molecule has 2 N–H and O–H groups in total. The number of carboxylic acid groups (broad SMARTS) is 1. The fraction of sp³-hybridized carbons (Fsp3) is 0.444. The molecule has 8 nitrogen and oxygen atoms in total. The van der Waals surface area contributed by atoms with Crippen molar-refractivity contribution in [3.8, 4) is 0 Å². The average Bonchev–Trinajstić information content (AvgIpc) is 3.28. The number of hydrogen-bond donors (Lipinski definition) is 2. The molecule has 35 heavy (non-hydrogen) atoms. The van der Waals surface area contributed by atoms with Crippen molar-refractivity contribution in [2.45, 2.75) is 63.6 Å². The summed E-state index contributed by atoms with van der Waals surface area (Å²) in [7, 11) is 1.39. The molecule has 1 saturated carbocycles. The molecule has 1 aliphatic carbocycles. The second-order valence-corrected chi connectivity index (χ2v) is 9.66. The summed E-state index contributed by atoms with van der Waals surface area (Å²) >= 11 is 0. The average molecular weight is 478 g/mol. The zero-order valence-corrected chi connectivity index (χ0v) is 20.1. The number of carbonyl (C=O) groups excluding carboxylic acids is 1. The van der Waals surface area contributed by atoms with E-state index in [0.717, 1.165) is 40.7 Å². The highest BCUT2D eigenvalue weighted by atomic mass is 16.5. The van der Waals surface area contributed by atoms with Crippen LogP contribution in [0, 0.1) is 5.92 Å². The van der Waals surface area contributed by atoms with E-state index in [0.29, 0.717) is 31.5 Å². The molecule has 1 fully saturated rings. The minimum atomic E-state index is -0.921. The van der Waals surface area contributed by atoms with Gasteiger partial charge >= 0.3 is 12.1 Å². The first-order valence-corrected chi connectivity index (χ1v) is 12.3. The van der Waals surface area contributed by atoms with Gasteiger partial charge in [0.2, 0.25) is 0 Å². The van der Waals surface area contributed by atoms with E-state index in [2.05, 4.69) is 4.57 Å². The zero-order chi connectivity index (χ0) is 24.7. The Morgan fingerprint density at radius 3 is 2.43 bits per heavy atom. The maximum Gasteiger partial charge on any atom is 0.414 e. The fourth-order valence-electron chi connectivity index (χ4n) is 5.73. The molecule has 1 amide bonds. The summed E-state index contributed by atoms with van der Waals surface area (Å²) in [4.78, 5) is 30.8. The predicted octanol–water partition coefficient (Wildman–Crippen LogP) is 4.84. The molecule has 2 heterocycles. The molecule has 0 radical (unpaired) electrons. The van der Waals surface area contributed by atoms with E-state index in [9.17, 15) is 19.8 Å². The first-order chi connectivity index (χ1) is 16.9. The molecule has 1 aliphatic heterocycles. The van der Waals surface area contributed by atoms with Gasteiger partial charge in [0.1, 0.15) is 11.9 Å². The number of nitrogens with zero attached hydrogens (tertiary/aromatic N) is 3. The molecule has 0 unspecified atom stereocenters. The van der Waals surface area contributed by atoms with Crippen molar-refractivity contribution in [2.75, 3.05) is 12.0 Å². The van der Waals surface area contributed by atoms with Gasteiger partial charge in [-0.1, -0.05) is 30.3 Å². The van der Waals surface area contributed by atoms with Gasteiger partial charge < -0.3 is 19.5 Å². The van der Waals surface area contributed by atoms with Crippen molar-refractivity contribution in [1.29, 1.82) is 0 Å². The third kappa shape index (κ3) is 4.05. The number of hydrogen-bond acceptors (Lipinski definition) is 5. The lowest BCUT2D eigenvalue weighted by molar-refractivity contribution is -0.143. The Bertz CT molecular complexity index is 1250. The van der Waals surface area contributed by atoms with E-state index < -0.39 is 18.2 Å². The SMILES string of the molecule is COC(=O)N1c2ccc3c(nc([C@@H](O)c4ccccc4)n3[C@H]3CC[C@H](C(=O)O)CC3)c2CC[C@@H]1C. The first-order valence-electron chi connectivity index (χ1n) is 12.3. The largest absolute Gasteiger partial charge is 0.481 e. The summed E-state index contributed by atoms with van der Waals surface area (Å²) in [5, 5.41) is 20.9. The number of aliphatic hydroxyl groups is 1. The van der Waals surface area contributed by atoms with Crippen LogP contribution in [0.3, 0.4) is 0 Å². The standard InChI is InChI=1S/C27H31N3O5/c1-16-8-13-20-21(29(16)27(34)35-2)14-15-22-23(20)28-25(24(31)17-6-4-3-5-7-17)30(22)19-11-9-18(10-12-19)26(32)33/h3-7,14-16,18-19,24,31H,8-13H2,1-2H3,(H,32,33)/t16-,18-,19-,24-/m0/s1. The molecule has 5 rings (SSSR count). The first kappa shape index (κ1) is 23.4. The van der Waals surface area contributed by atoms with E-state index in [1.807, 2.05) is 49.4 Å². The summed E-state index contributed by atoms with van der Waals surface area (Å²) in [6, 6.07) is 13.4. The van der Waals surface area contributed by atoms with Crippen molar-refractivity contribution in [1.82, 2.24) is 9.55 Å². The number of aliphatic hydroxyl groups excluding tert-OH is 1. The molecule has 0 bridgehead atoms. The molecular weight excluding hydrogens is 446 g/mol. The number of fused-ring (bicyclic) bond motifs is 3. The van der Waals surface area contributed by atoms with Gasteiger partial charge in [-0.05, 0) is 63.1 Å². The lowest BCUT2D eigenvalue weighted by atomic mass is 9.85. The topological polar surface area (TPSA) is 105 Å². The second kappa shape index (κ2) is 9.34. The lowest BCUT2D eigenvalue weighted by Crippen LogP contribution is -2.42. The third-order valence-electron chi connectivity index (χ3n) is 7.62. The van der Waals surface area contributed by atoms with E-state index in [4.69, 9.17) is 9.72 Å². The summed E-state index contributed by atoms with van der Waals surface area (Å²) in [6.07, 6.45) is 2.85. The number of aliphatic carboxylic acids is 1. The Morgan fingerprint density at radius 1 is 1.06 bits per heavy atom. The highest BCUT2D eigenvalue weighted by molar-refractivity contribution is 5.95. The number of imidazole rings is 1. The van der Waals surface area contributed by atoms with Crippen molar-refractivity contribution in [2.24, 2.45) is 5.92 Å². The minimum Gasteiger partial charge on any atom is -0.481 e. The summed E-state index contributed by atoms with van der Waals surface area (Å²) in [5.41, 5.74) is 4.22. The molecule has 2 aliphatic rings. The molecule has 0 spiro atoms. The lowest BCUT2D eigenvalue weighted by Gasteiger charge is -2.34. The Kier molecular flexibility index (Phi) is 6.23. The van der Waals surface area contributed by atoms with Gasteiger partial charge in [-0.3, -0.25) is 9.69 Å². The number of carbonyl (C=O) groups is 2. The van der Waals surface area contributed by atoms with Crippen molar-refractivity contribution >= 4 is 28.8 Å². The highest BCUT2D eigenvalue weighted by Gasteiger charge is 2.34. The van der Waals surface area contributed by atoms with Gasteiger partial charge in [0, 0.05) is 17.6 Å². The Labute approximate surface area is 204 Å². The van der Waals surface area contributed by atoms with Crippen LogP contribution in [0.2, 0.25) is 0 Å². The number of ether oxygens (including phenoxy) is 1. The summed E-state index contributed by atoms with van der Waals surface area (Å²) < 4.78 is 7.17. The molecule has 2 atom stereocenters. The van der Waals surface area contributed by atoms with Crippen LogP contribution < -0.4 is 4.90 Å². The van der Waals surface area contributed by atoms with Crippen LogP contribution in [-0.4, -0.2) is 45.0 Å². The minimum absolute atomic E-state index is 0.00941. The molecular formula is C27H31N3O5. The van der Waals surface area contributed by atoms with Crippen molar-refractivity contribution in [3.63, 3.8) is 0 Å². The maximum absolute atomic E-state index is 12.6. The van der Waals surface area contributed by atoms with Gasteiger partial charge in [0.15, 0.2) is 0 Å². The number of amides is 1. The van der Waals surface area contributed by atoms with E-state index in [1.54, 1.807) is 4.90 Å². The van der Waals surface area contributed by atoms with Gasteiger partial charge in [-0.15, -0.1) is 0 Å². The van der Waals surface area contributed by atoms with Crippen LogP contribution in [0.1, 0.15) is 68.1 Å². The second-order valence-electron chi connectivity index (χ2n) is 9.66. The number of aromatic nitrogens is 2.